The molecule has 0 aliphatic rings. The minimum atomic E-state index is -0.280. The van der Waals surface area contributed by atoms with E-state index in [-0.39, 0.29) is 18.0 Å². The minimum Gasteiger partial charge on any atom is -0.294 e. The first-order valence-corrected chi connectivity index (χ1v) is 6.62. The molecule has 2 aromatic heterocycles. The van der Waals surface area contributed by atoms with E-state index >= 15 is 0 Å². The van der Waals surface area contributed by atoms with Crippen molar-refractivity contribution in [1.82, 2.24) is 14.6 Å². The fourth-order valence-electron chi connectivity index (χ4n) is 2.03. The third kappa shape index (κ3) is 2.68. The van der Waals surface area contributed by atoms with Crippen LogP contribution in [0.4, 0.5) is 0 Å². The van der Waals surface area contributed by atoms with Crippen molar-refractivity contribution in [1.29, 1.82) is 0 Å². The number of hydrogen-bond donors (Lipinski definition) is 0. The Labute approximate surface area is 125 Å². The molecule has 21 heavy (non-hydrogen) atoms. The number of nitrogens with zero attached hydrogens (tertiary/aromatic N) is 3. The van der Waals surface area contributed by atoms with Gasteiger partial charge < -0.3 is 0 Å². The van der Waals surface area contributed by atoms with Crippen LogP contribution in [0.2, 0.25) is 5.02 Å². The van der Waals surface area contributed by atoms with E-state index in [0.29, 0.717) is 21.7 Å². The molecule has 0 radical (unpaired) electrons. The van der Waals surface area contributed by atoms with Gasteiger partial charge in [0.05, 0.1) is 29.9 Å². The molecule has 0 N–H and O–H groups in total. The number of ketones is 2. The van der Waals surface area contributed by atoms with Crippen LogP contribution in [-0.4, -0.2) is 26.2 Å². The van der Waals surface area contributed by atoms with E-state index in [1.165, 1.54) is 6.20 Å². The Morgan fingerprint density at radius 3 is 2.62 bits per heavy atom. The third-order valence-electron chi connectivity index (χ3n) is 3.11. The second-order valence-electron chi connectivity index (χ2n) is 4.49. The summed E-state index contributed by atoms with van der Waals surface area (Å²) in [5, 5.41) is 4.61. The van der Waals surface area contributed by atoms with Gasteiger partial charge in [0.1, 0.15) is 0 Å². The number of benzene rings is 1. The summed E-state index contributed by atoms with van der Waals surface area (Å²) in [6, 6.07) is 6.46. The van der Waals surface area contributed by atoms with Gasteiger partial charge in [0, 0.05) is 23.0 Å². The number of carbonyl (C=O) groups excluding carboxylic acids is 2. The molecule has 2 heterocycles. The molecule has 3 aromatic rings. The fraction of sp³-hybridized carbons (Fsp3) is 0.0667. The first-order valence-electron chi connectivity index (χ1n) is 6.24. The zero-order chi connectivity index (χ0) is 14.8. The Kier molecular flexibility index (Phi) is 3.50. The number of rotatable bonds is 4. The van der Waals surface area contributed by atoms with Gasteiger partial charge in [0.2, 0.25) is 0 Å². The molecule has 3 rings (SSSR count). The molecule has 0 atom stereocenters. The van der Waals surface area contributed by atoms with E-state index in [2.05, 4.69) is 10.1 Å². The van der Waals surface area contributed by atoms with Crippen molar-refractivity contribution in [3.8, 4) is 0 Å². The predicted molar refractivity (Wildman–Crippen MR) is 77.7 cm³/mol. The summed E-state index contributed by atoms with van der Waals surface area (Å²) in [4.78, 5) is 28.3. The lowest BCUT2D eigenvalue weighted by Crippen LogP contribution is -2.08. The van der Waals surface area contributed by atoms with Crippen LogP contribution in [-0.2, 0) is 0 Å². The Morgan fingerprint density at radius 1 is 1.10 bits per heavy atom. The topological polar surface area (TPSA) is 64.3 Å². The Morgan fingerprint density at radius 2 is 1.86 bits per heavy atom. The largest absolute Gasteiger partial charge is 0.294 e. The summed E-state index contributed by atoms with van der Waals surface area (Å²) in [6.45, 7) is 0. The van der Waals surface area contributed by atoms with Gasteiger partial charge in [-0.3, -0.25) is 14.6 Å². The summed E-state index contributed by atoms with van der Waals surface area (Å²) in [6.07, 6.45) is 6.01. The van der Waals surface area contributed by atoms with Crippen LogP contribution < -0.4 is 0 Å². The van der Waals surface area contributed by atoms with E-state index in [1.54, 1.807) is 47.4 Å². The van der Waals surface area contributed by atoms with Crippen molar-refractivity contribution in [3.05, 3.63) is 65.2 Å². The van der Waals surface area contributed by atoms with Gasteiger partial charge in [-0.15, -0.1) is 0 Å². The molecule has 0 aliphatic heterocycles. The Bertz CT molecular complexity index is 824. The van der Waals surface area contributed by atoms with Gasteiger partial charge in [-0.2, -0.15) is 5.10 Å². The van der Waals surface area contributed by atoms with Crippen molar-refractivity contribution in [3.63, 3.8) is 0 Å². The van der Waals surface area contributed by atoms with Gasteiger partial charge in [0.25, 0.3) is 0 Å². The molecule has 1 aromatic carbocycles. The first-order chi connectivity index (χ1) is 10.1. The van der Waals surface area contributed by atoms with E-state index in [9.17, 15) is 9.59 Å². The molecule has 0 spiro atoms. The standard InChI is InChI=1S/C15H10ClN3O2/c16-11-3-1-10(2-4-11)14(20)7-15(21)12-8-18-19-6-5-17-9-13(12)19/h1-6,8-9H,7H2. The van der Waals surface area contributed by atoms with Crippen LogP contribution in [0.15, 0.2) is 49.1 Å². The second-order valence-corrected chi connectivity index (χ2v) is 4.93. The molecule has 0 unspecified atom stereocenters. The quantitative estimate of drug-likeness (QED) is 0.549. The number of carbonyl (C=O) groups is 2. The molecule has 6 heteroatoms. The average molecular weight is 300 g/mol. The van der Waals surface area contributed by atoms with Gasteiger partial charge in [-0.05, 0) is 24.3 Å². The van der Waals surface area contributed by atoms with Crippen LogP contribution in [0.25, 0.3) is 5.52 Å². The summed E-state index contributed by atoms with van der Waals surface area (Å²) in [5.74, 6) is -0.530. The summed E-state index contributed by atoms with van der Waals surface area (Å²) < 4.78 is 1.55. The number of Topliss-reactive ketones (excluding diaryl/α,β-unsaturated/α-hetero) is 2. The smallest absolute Gasteiger partial charge is 0.174 e. The van der Waals surface area contributed by atoms with Crippen molar-refractivity contribution in [2.45, 2.75) is 6.42 Å². The normalized spacial score (nSPS) is 10.7. The third-order valence-corrected chi connectivity index (χ3v) is 3.36. The van der Waals surface area contributed by atoms with Crippen LogP contribution in [0.5, 0.6) is 0 Å². The van der Waals surface area contributed by atoms with Crippen LogP contribution >= 0.6 is 11.6 Å². The molecule has 5 nitrogen and oxygen atoms in total. The van der Waals surface area contributed by atoms with Crippen molar-refractivity contribution in [2.24, 2.45) is 0 Å². The van der Waals surface area contributed by atoms with E-state index in [1.807, 2.05) is 0 Å². The zero-order valence-electron chi connectivity index (χ0n) is 10.9. The van der Waals surface area contributed by atoms with Crippen molar-refractivity contribution < 1.29 is 9.59 Å². The number of fused-ring (bicyclic) bond motifs is 1. The van der Waals surface area contributed by atoms with E-state index in [0.717, 1.165) is 0 Å². The molecule has 0 fully saturated rings. The molecule has 104 valence electrons. The lowest BCUT2D eigenvalue weighted by atomic mass is 10.0. The maximum atomic E-state index is 12.2. The number of hydrogen-bond acceptors (Lipinski definition) is 4. The lowest BCUT2D eigenvalue weighted by Gasteiger charge is -2.00. The molecular formula is C15H10ClN3O2. The SMILES string of the molecule is O=C(CC(=O)c1cnn2ccncc12)c1ccc(Cl)cc1. The summed E-state index contributed by atoms with van der Waals surface area (Å²) in [7, 11) is 0. The monoisotopic (exact) mass is 299 g/mol. The van der Waals surface area contributed by atoms with Crippen LogP contribution in [0.1, 0.15) is 27.1 Å². The first kappa shape index (κ1) is 13.5. The highest BCUT2D eigenvalue weighted by Gasteiger charge is 2.17. The highest BCUT2D eigenvalue weighted by atomic mass is 35.5. The highest BCUT2D eigenvalue weighted by Crippen LogP contribution is 2.15. The fourth-order valence-corrected chi connectivity index (χ4v) is 2.15. The maximum Gasteiger partial charge on any atom is 0.174 e. The predicted octanol–water partition coefficient (Wildman–Crippen LogP) is 2.84. The number of aromatic nitrogens is 3. The summed E-state index contributed by atoms with van der Waals surface area (Å²) >= 11 is 5.77. The van der Waals surface area contributed by atoms with E-state index in [4.69, 9.17) is 11.6 Å². The minimum absolute atomic E-state index is 0.210. The van der Waals surface area contributed by atoms with Crippen molar-refractivity contribution >= 4 is 28.7 Å². The van der Waals surface area contributed by atoms with Gasteiger partial charge in [-0.25, -0.2) is 4.52 Å². The molecule has 0 bridgehead atoms. The Hall–Kier alpha value is -2.53. The van der Waals surface area contributed by atoms with Crippen molar-refractivity contribution in [2.75, 3.05) is 0 Å². The highest BCUT2D eigenvalue weighted by molar-refractivity contribution is 6.30. The van der Waals surface area contributed by atoms with Crippen LogP contribution in [0.3, 0.4) is 0 Å². The molecule has 0 saturated carbocycles. The van der Waals surface area contributed by atoms with E-state index < -0.39 is 0 Å². The van der Waals surface area contributed by atoms with Gasteiger partial charge >= 0.3 is 0 Å². The van der Waals surface area contributed by atoms with Gasteiger partial charge in [-0.1, -0.05) is 11.6 Å². The van der Waals surface area contributed by atoms with Crippen LogP contribution in [0, 0.1) is 0 Å². The molecule has 0 saturated heterocycles. The summed E-state index contributed by atoms with van der Waals surface area (Å²) in [5.41, 5.74) is 1.44. The lowest BCUT2D eigenvalue weighted by molar-refractivity contribution is 0.0895. The zero-order valence-corrected chi connectivity index (χ0v) is 11.6. The second kappa shape index (κ2) is 5.46. The van der Waals surface area contributed by atoms with Gasteiger partial charge in [0.15, 0.2) is 11.6 Å². The molecule has 0 aliphatic carbocycles. The average Bonchev–Trinajstić information content (AvgIpc) is 2.92. The maximum absolute atomic E-state index is 12.2. The molecular weight excluding hydrogens is 290 g/mol. The number of halogens is 1. The Balaban J connectivity index is 1.83. The molecule has 0 amide bonds.